The summed E-state index contributed by atoms with van der Waals surface area (Å²) >= 11 is 5.97. The molecule has 0 aliphatic carbocycles. The zero-order valence-corrected chi connectivity index (χ0v) is 12.6. The molecule has 0 amide bonds. The maximum absolute atomic E-state index is 12.2. The van der Waals surface area contributed by atoms with Crippen LogP contribution >= 0.6 is 11.6 Å². The number of Topliss-reactive ketones (excluding diaryl/α,β-unsaturated/α-hetero) is 1. The van der Waals surface area contributed by atoms with Gasteiger partial charge in [-0.15, -0.1) is 0 Å². The van der Waals surface area contributed by atoms with Crippen LogP contribution in [0.5, 0.6) is 5.75 Å². The molecule has 0 heterocycles. The van der Waals surface area contributed by atoms with Crippen LogP contribution in [0, 0.1) is 0 Å². The van der Waals surface area contributed by atoms with E-state index in [9.17, 15) is 4.79 Å². The third kappa shape index (κ3) is 4.31. The molecule has 2 N–H and O–H groups in total. The Kier molecular flexibility index (Phi) is 5.37. The highest BCUT2D eigenvalue weighted by Crippen LogP contribution is 2.24. The highest BCUT2D eigenvalue weighted by atomic mass is 35.5. The minimum atomic E-state index is -0.288. The largest absolute Gasteiger partial charge is 0.496 e. The SMILES string of the molecule is COc1ccc(Cl)cc1CC(=O)CC(N)c1ccccc1. The molecule has 2 rings (SSSR count). The molecule has 2 aromatic rings. The molecule has 110 valence electrons. The molecular weight excluding hydrogens is 286 g/mol. The molecule has 1 atom stereocenters. The number of benzene rings is 2. The molecule has 0 aliphatic heterocycles. The van der Waals surface area contributed by atoms with Gasteiger partial charge in [-0.25, -0.2) is 0 Å². The maximum atomic E-state index is 12.2. The number of hydrogen-bond donors (Lipinski definition) is 1. The summed E-state index contributed by atoms with van der Waals surface area (Å²) in [7, 11) is 1.58. The zero-order valence-electron chi connectivity index (χ0n) is 11.9. The molecule has 0 aliphatic rings. The molecule has 21 heavy (non-hydrogen) atoms. The normalized spacial score (nSPS) is 12.0. The molecule has 0 saturated heterocycles. The van der Waals surface area contributed by atoms with Gasteiger partial charge in [0.2, 0.25) is 0 Å². The molecule has 0 spiro atoms. The molecule has 0 bridgehead atoms. The van der Waals surface area contributed by atoms with Crippen LogP contribution in [0.25, 0.3) is 0 Å². The Bertz CT molecular complexity index is 613. The fraction of sp³-hybridized carbons (Fsp3) is 0.235. The first-order chi connectivity index (χ1) is 10.1. The third-order valence-electron chi connectivity index (χ3n) is 3.31. The van der Waals surface area contributed by atoms with E-state index >= 15 is 0 Å². The summed E-state index contributed by atoms with van der Waals surface area (Å²) in [5, 5.41) is 0.589. The smallest absolute Gasteiger partial charge is 0.139 e. The van der Waals surface area contributed by atoms with Crippen LogP contribution in [0.2, 0.25) is 5.02 Å². The average Bonchev–Trinajstić information content (AvgIpc) is 2.48. The lowest BCUT2D eigenvalue weighted by atomic mass is 9.98. The van der Waals surface area contributed by atoms with Gasteiger partial charge in [0.25, 0.3) is 0 Å². The summed E-state index contributed by atoms with van der Waals surface area (Å²) in [4.78, 5) is 12.2. The van der Waals surface area contributed by atoms with Gasteiger partial charge in [-0.05, 0) is 23.8 Å². The third-order valence-corrected chi connectivity index (χ3v) is 3.54. The summed E-state index contributed by atoms with van der Waals surface area (Å²) in [5.41, 5.74) is 7.82. The van der Waals surface area contributed by atoms with Gasteiger partial charge < -0.3 is 10.5 Å². The van der Waals surface area contributed by atoms with Gasteiger partial charge in [0.15, 0.2) is 0 Å². The van der Waals surface area contributed by atoms with Crippen molar-refractivity contribution in [3.05, 3.63) is 64.7 Å². The Labute approximate surface area is 129 Å². The summed E-state index contributed by atoms with van der Waals surface area (Å²) in [5.74, 6) is 0.730. The van der Waals surface area contributed by atoms with Gasteiger partial charge >= 0.3 is 0 Å². The number of methoxy groups -OCH3 is 1. The van der Waals surface area contributed by atoms with E-state index < -0.39 is 0 Å². The zero-order chi connectivity index (χ0) is 15.2. The van der Waals surface area contributed by atoms with Crippen LogP contribution in [0.15, 0.2) is 48.5 Å². The Morgan fingerprint density at radius 2 is 1.95 bits per heavy atom. The van der Waals surface area contributed by atoms with Gasteiger partial charge in [0.1, 0.15) is 11.5 Å². The van der Waals surface area contributed by atoms with Crippen molar-refractivity contribution in [3.8, 4) is 5.75 Å². The van der Waals surface area contributed by atoms with E-state index in [1.165, 1.54) is 0 Å². The van der Waals surface area contributed by atoms with Gasteiger partial charge in [0, 0.05) is 29.5 Å². The number of carbonyl (C=O) groups is 1. The number of ether oxygens (including phenoxy) is 1. The van der Waals surface area contributed by atoms with Crippen molar-refractivity contribution >= 4 is 17.4 Å². The van der Waals surface area contributed by atoms with Crippen molar-refractivity contribution < 1.29 is 9.53 Å². The highest BCUT2D eigenvalue weighted by molar-refractivity contribution is 6.30. The Morgan fingerprint density at radius 1 is 1.24 bits per heavy atom. The van der Waals surface area contributed by atoms with Crippen LogP contribution in [0.3, 0.4) is 0 Å². The van der Waals surface area contributed by atoms with E-state index in [0.29, 0.717) is 17.2 Å². The van der Waals surface area contributed by atoms with Crippen molar-refractivity contribution in [2.45, 2.75) is 18.9 Å². The van der Waals surface area contributed by atoms with E-state index in [1.807, 2.05) is 30.3 Å². The average molecular weight is 304 g/mol. The number of rotatable bonds is 6. The van der Waals surface area contributed by atoms with E-state index in [-0.39, 0.29) is 18.2 Å². The monoisotopic (exact) mass is 303 g/mol. The lowest BCUT2D eigenvalue weighted by Crippen LogP contribution is -2.16. The first-order valence-electron chi connectivity index (χ1n) is 6.75. The first-order valence-corrected chi connectivity index (χ1v) is 7.12. The molecule has 0 radical (unpaired) electrons. The number of halogens is 1. The fourth-order valence-electron chi connectivity index (χ4n) is 2.23. The Morgan fingerprint density at radius 3 is 2.62 bits per heavy atom. The Hall–Kier alpha value is -1.84. The second kappa shape index (κ2) is 7.25. The van der Waals surface area contributed by atoms with Crippen molar-refractivity contribution in [1.29, 1.82) is 0 Å². The first kappa shape index (κ1) is 15.5. The quantitative estimate of drug-likeness (QED) is 0.888. The summed E-state index contributed by atoms with van der Waals surface area (Å²) < 4.78 is 5.25. The minimum absolute atomic E-state index is 0.0620. The van der Waals surface area contributed by atoms with Gasteiger partial charge in [-0.2, -0.15) is 0 Å². The standard InChI is InChI=1S/C17H18ClNO2/c1-21-17-8-7-14(18)9-13(17)10-15(20)11-16(19)12-5-3-2-4-6-12/h2-9,16H,10-11,19H2,1H3. The van der Waals surface area contributed by atoms with E-state index in [1.54, 1.807) is 25.3 Å². The lowest BCUT2D eigenvalue weighted by Gasteiger charge is -2.12. The van der Waals surface area contributed by atoms with Crippen molar-refractivity contribution in [1.82, 2.24) is 0 Å². The summed E-state index contributed by atoms with van der Waals surface area (Å²) in [6.45, 7) is 0. The fourth-order valence-corrected chi connectivity index (χ4v) is 2.43. The predicted molar refractivity (Wildman–Crippen MR) is 84.7 cm³/mol. The van der Waals surface area contributed by atoms with Gasteiger partial charge in [-0.3, -0.25) is 4.79 Å². The minimum Gasteiger partial charge on any atom is -0.496 e. The molecular formula is C17H18ClNO2. The second-order valence-corrected chi connectivity index (χ2v) is 5.33. The van der Waals surface area contributed by atoms with Gasteiger partial charge in [0.05, 0.1) is 7.11 Å². The van der Waals surface area contributed by atoms with Crippen LogP contribution in [-0.4, -0.2) is 12.9 Å². The number of nitrogens with two attached hydrogens (primary N) is 1. The van der Waals surface area contributed by atoms with Crippen LogP contribution in [0.4, 0.5) is 0 Å². The maximum Gasteiger partial charge on any atom is 0.139 e. The molecule has 0 saturated carbocycles. The topological polar surface area (TPSA) is 52.3 Å². The second-order valence-electron chi connectivity index (χ2n) is 4.89. The van der Waals surface area contributed by atoms with Gasteiger partial charge in [-0.1, -0.05) is 41.9 Å². The van der Waals surface area contributed by atoms with Crippen molar-refractivity contribution in [3.63, 3.8) is 0 Å². The number of hydrogen-bond acceptors (Lipinski definition) is 3. The molecule has 0 aromatic heterocycles. The summed E-state index contributed by atoms with van der Waals surface area (Å²) in [6.07, 6.45) is 0.559. The van der Waals surface area contributed by atoms with Crippen LogP contribution in [0.1, 0.15) is 23.6 Å². The highest BCUT2D eigenvalue weighted by Gasteiger charge is 2.14. The summed E-state index contributed by atoms with van der Waals surface area (Å²) in [6, 6.07) is 14.6. The predicted octanol–water partition coefficient (Wildman–Crippen LogP) is 3.55. The number of carbonyl (C=O) groups excluding carboxylic acids is 1. The van der Waals surface area contributed by atoms with E-state index in [2.05, 4.69) is 0 Å². The molecule has 0 fully saturated rings. The van der Waals surface area contributed by atoms with Crippen LogP contribution < -0.4 is 10.5 Å². The number of ketones is 1. The van der Waals surface area contributed by atoms with Crippen molar-refractivity contribution in [2.75, 3.05) is 7.11 Å². The van der Waals surface area contributed by atoms with Crippen LogP contribution in [-0.2, 0) is 11.2 Å². The van der Waals surface area contributed by atoms with E-state index in [4.69, 9.17) is 22.1 Å². The Balaban J connectivity index is 2.04. The van der Waals surface area contributed by atoms with Crippen molar-refractivity contribution in [2.24, 2.45) is 5.73 Å². The molecule has 1 unspecified atom stereocenters. The molecule has 3 nitrogen and oxygen atoms in total. The lowest BCUT2D eigenvalue weighted by molar-refractivity contribution is -0.118. The molecule has 4 heteroatoms. The molecule has 2 aromatic carbocycles. The van der Waals surface area contributed by atoms with E-state index in [0.717, 1.165) is 11.1 Å².